The summed E-state index contributed by atoms with van der Waals surface area (Å²) in [6, 6.07) is 0. The molecule has 1 N–H and O–H groups in total. The van der Waals surface area contributed by atoms with Crippen LogP contribution in [0.3, 0.4) is 0 Å². The van der Waals surface area contributed by atoms with Crippen LogP contribution in [-0.4, -0.2) is 37.2 Å². The zero-order valence-corrected chi connectivity index (χ0v) is 9.47. The second kappa shape index (κ2) is 3.55. The lowest BCUT2D eigenvalue weighted by atomic mass is 10.0. The highest BCUT2D eigenvalue weighted by Gasteiger charge is 2.41. The average molecular weight is 220 g/mol. The Labute approximate surface area is 84.5 Å². The van der Waals surface area contributed by atoms with E-state index in [1.165, 1.54) is 13.8 Å². The van der Waals surface area contributed by atoms with Crippen molar-refractivity contribution < 1.29 is 18.3 Å². The summed E-state index contributed by atoms with van der Waals surface area (Å²) in [6.45, 7) is 3.51. The third kappa shape index (κ3) is 1.93. The Morgan fingerprint density at radius 2 is 2.14 bits per heavy atom. The normalized spacial score (nSPS) is 20.1. The average Bonchev–Trinajstić information content (AvgIpc) is 2.52. The second-order valence-corrected chi connectivity index (χ2v) is 6.62. The maximum Gasteiger partial charge on any atom is 0.155 e. The van der Waals surface area contributed by atoms with Crippen molar-refractivity contribution in [1.82, 2.24) is 0 Å². The number of hydrogen-bond donors (Lipinski definition) is 1. The molecule has 0 bridgehead atoms. The number of aliphatic hydroxyl groups is 1. The minimum Gasteiger partial charge on any atom is -0.495 e. The van der Waals surface area contributed by atoms with Gasteiger partial charge in [0.15, 0.2) is 9.84 Å². The van der Waals surface area contributed by atoms with Crippen LogP contribution in [0.25, 0.3) is 0 Å². The number of hydrogen-bond acceptors (Lipinski definition) is 4. The van der Waals surface area contributed by atoms with Gasteiger partial charge in [0.2, 0.25) is 0 Å². The quantitative estimate of drug-likeness (QED) is 0.751. The fourth-order valence-corrected chi connectivity index (χ4v) is 1.69. The largest absolute Gasteiger partial charge is 0.495 e. The maximum absolute atomic E-state index is 11.4. The van der Waals surface area contributed by atoms with Crippen molar-refractivity contribution in [3.63, 3.8) is 0 Å². The van der Waals surface area contributed by atoms with E-state index in [9.17, 15) is 13.5 Å². The number of aliphatic hydroxyl groups excluding tert-OH is 1. The third-order valence-corrected chi connectivity index (χ3v) is 4.75. The molecule has 0 radical (unpaired) electrons. The van der Waals surface area contributed by atoms with E-state index in [1.54, 1.807) is 6.08 Å². The van der Waals surface area contributed by atoms with E-state index in [-0.39, 0.29) is 0 Å². The molecule has 82 valence electrons. The van der Waals surface area contributed by atoms with Crippen molar-refractivity contribution >= 4 is 9.84 Å². The molecule has 0 aromatic carbocycles. The zero-order valence-electron chi connectivity index (χ0n) is 8.65. The summed E-state index contributed by atoms with van der Waals surface area (Å²) < 4.78 is 26.8. The Balaban J connectivity index is 2.93. The highest BCUT2D eigenvalue weighted by atomic mass is 32.2. The van der Waals surface area contributed by atoms with Gasteiger partial charge in [-0.05, 0) is 19.9 Å². The van der Waals surface area contributed by atoms with Crippen LogP contribution in [0.1, 0.15) is 20.3 Å². The lowest BCUT2D eigenvalue weighted by Gasteiger charge is -2.28. The summed E-state index contributed by atoms with van der Waals surface area (Å²) in [5, 5.41) is 9.84. The van der Waals surface area contributed by atoms with E-state index < -0.39 is 20.7 Å². The standard InChI is InChI=1S/C9H16O4S/c1-9(2,14(3,11)12)8(10)7-5-4-6-13-7/h5,8,10H,4,6H2,1-3H3. The second-order valence-electron chi connectivity index (χ2n) is 4.02. The van der Waals surface area contributed by atoms with E-state index >= 15 is 0 Å². The van der Waals surface area contributed by atoms with Gasteiger partial charge in [-0.15, -0.1) is 0 Å². The van der Waals surface area contributed by atoms with E-state index in [2.05, 4.69) is 0 Å². The first-order valence-corrected chi connectivity index (χ1v) is 6.36. The highest BCUT2D eigenvalue weighted by Crippen LogP contribution is 2.27. The molecule has 0 aromatic heterocycles. The molecule has 0 fully saturated rings. The lowest BCUT2D eigenvalue weighted by molar-refractivity contribution is 0.0947. The first-order chi connectivity index (χ1) is 6.27. The highest BCUT2D eigenvalue weighted by molar-refractivity contribution is 7.92. The van der Waals surface area contributed by atoms with Crippen molar-refractivity contribution in [2.24, 2.45) is 0 Å². The monoisotopic (exact) mass is 220 g/mol. The molecule has 4 nitrogen and oxygen atoms in total. The fourth-order valence-electron chi connectivity index (χ4n) is 1.17. The van der Waals surface area contributed by atoms with Crippen molar-refractivity contribution in [3.05, 3.63) is 11.8 Å². The Hall–Kier alpha value is -0.550. The molecule has 0 amide bonds. The summed E-state index contributed by atoms with van der Waals surface area (Å²) in [4.78, 5) is 0. The van der Waals surface area contributed by atoms with Gasteiger partial charge >= 0.3 is 0 Å². The number of sulfone groups is 1. The Morgan fingerprint density at radius 1 is 1.57 bits per heavy atom. The molecule has 0 aliphatic carbocycles. The molecule has 1 heterocycles. The van der Waals surface area contributed by atoms with Crippen LogP contribution >= 0.6 is 0 Å². The van der Waals surface area contributed by atoms with Gasteiger partial charge in [-0.1, -0.05) is 0 Å². The van der Waals surface area contributed by atoms with Crippen molar-refractivity contribution in [2.75, 3.05) is 12.9 Å². The first-order valence-electron chi connectivity index (χ1n) is 4.47. The summed E-state index contributed by atoms with van der Waals surface area (Å²) in [5.41, 5.74) is 0. The van der Waals surface area contributed by atoms with Crippen LogP contribution in [0, 0.1) is 0 Å². The van der Waals surface area contributed by atoms with Gasteiger partial charge in [-0.3, -0.25) is 0 Å². The number of ether oxygens (including phenoxy) is 1. The van der Waals surface area contributed by atoms with E-state index in [4.69, 9.17) is 4.74 Å². The zero-order chi connectivity index (χ0) is 11.0. The minimum atomic E-state index is -3.31. The third-order valence-electron chi connectivity index (χ3n) is 2.62. The molecule has 1 rings (SSSR count). The molecular weight excluding hydrogens is 204 g/mol. The van der Waals surface area contributed by atoms with Gasteiger partial charge in [0.05, 0.1) is 11.4 Å². The molecule has 1 aliphatic rings. The van der Waals surface area contributed by atoms with Crippen LogP contribution < -0.4 is 0 Å². The lowest BCUT2D eigenvalue weighted by Crippen LogP contribution is -2.44. The predicted octanol–water partition coefficient (Wildman–Crippen LogP) is 0.475. The van der Waals surface area contributed by atoms with E-state index in [0.717, 1.165) is 12.7 Å². The summed E-state index contributed by atoms with van der Waals surface area (Å²) >= 11 is 0. The molecule has 0 aromatic rings. The maximum atomic E-state index is 11.4. The van der Waals surface area contributed by atoms with E-state index in [0.29, 0.717) is 12.4 Å². The van der Waals surface area contributed by atoms with E-state index in [1.807, 2.05) is 0 Å². The first kappa shape index (κ1) is 11.5. The van der Waals surface area contributed by atoms with Gasteiger partial charge < -0.3 is 9.84 Å². The molecule has 14 heavy (non-hydrogen) atoms. The molecule has 0 spiro atoms. The SMILES string of the molecule is CC(C)(C(O)C1=CCCO1)S(C)(=O)=O. The van der Waals surface area contributed by atoms with Crippen LogP contribution in [0.4, 0.5) is 0 Å². The molecule has 0 saturated heterocycles. The van der Waals surface area contributed by atoms with Crippen LogP contribution in [0.2, 0.25) is 0 Å². The Morgan fingerprint density at radius 3 is 2.50 bits per heavy atom. The van der Waals surface area contributed by atoms with Crippen LogP contribution in [0.15, 0.2) is 11.8 Å². The Kier molecular flexibility index (Phi) is 2.92. The summed E-state index contributed by atoms with van der Waals surface area (Å²) in [6.07, 6.45) is 2.50. The molecule has 1 unspecified atom stereocenters. The van der Waals surface area contributed by atoms with Gasteiger partial charge in [0, 0.05) is 12.7 Å². The molecule has 1 aliphatic heterocycles. The molecular formula is C9H16O4S. The Bertz CT molecular complexity index is 340. The number of rotatable bonds is 3. The molecule has 5 heteroatoms. The van der Waals surface area contributed by atoms with Crippen LogP contribution in [0.5, 0.6) is 0 Å². The minimum absolute atomic E-state index is 0.375. The van der Waals surface area contributed by atoms with Gasteiger partial charge in [0.25, 0.3) is 0 Å². The van der Waals surface area contributed by atoms with Gasteiger partial charge in [-0.2, -0.15) is 0 Å². The van der Waals surface area contributed by atoms with Crippen molar-refractivity contribution in [3.8, 4) is 0 Å². The smallest absolute Gasteiger partial charge is 0.155 e. The van der Waals surface area contributed by atoms with Gasteiger partial charge in [0.1, 0.15) is 11.9 Å². The topological polar surface area (TPSA) is 63.6 Å². The summed E-state index contributed by atoms with van der Waals surface area (Å²) in [5.74, 6) is 0.375. The predicted molar refractivity (Wildman–Crippen MR) is 53.6 cm³/mol. The van der Waals surface area contributed by atoms with Crippen molar-refractivity contribution in [1.29, 1.82) is 0 Å². The molecule has 0 saturated carbocycles. The molecule has 1 atom stereocenters. The van der Waals surface area contributed by atoms with Crippen molar-refractivity contribution in [2.45, 2.75) is 31.1 Å². The van der Waals surface area contributed by atoms with Gasteiger partial charge in [-0.25, -0.2) is 8.42 Å². The summed E-state index contributed by atoms with van der Waals surface area (Å²) in [7, 11) is -3.31. The fraction of sp³-hybridized carbons (Fsp3) is 0.778. The van der Waals surface area contributed by atoms with Crippen LogP contribution in [-0.2, 0) is 14.6 Å².